The lowest BCUT2D eigenvalue weighted by molar-refractivity contribution is -0.278. The number of carbonyl (C=O) groups is 1. The number of halogens is 6. The zero-order valence-electron chi connectivity index (χ0n) is 31.9. The number of ether oxygens (including phenoxy) is 4. The van der Waals surface area contributed by atoms with Gasteiger partial charge in [-0.2, -0.15) is 26.3 Å². The number of aliphatic hydroxyl groups excluding tert-OH is 7. The summed E-state index contributed by atoms with van der Waals surface area (Å²) in [6, 6.07) is 13.7. The molecule has 24 heteroatoms. The minimum Gasteiger partial charge on any atom is -0.479 e. The second-order valence-corrected chi connectivity index (χ2v) is 14.7. The first-order valence-corrected chi connectivity index (χ1v) is 19.5. The van der Waals surface area contributed by atoms with E-state index in [1.807, 2.05) is 23.4 Å². The maximum Gasteiger partial charge on any atom is 0.433 e. The number of alkyl halides is 6. The molecule has 17 nitrogen and oxygen atoms in total. The first kappa shape index (κ1) is 47.5. The van der Waals surface area contributed by atoms with E-state index in [0.717, 1.165) is 16.9 Å². The number of carboxylic acids is 1. The summed E-state index contributed by atoms with van der Waals surface area (Å²) < 4.78 is 101. The molecule has 10 atom stereocenters. The van der Waals surface area contributed by atoms with Gasteiger partial charge in [0, 0.05) is 17.7 Å². The average molecular weight is 897 g/mol. The molecule has 2 fully saturated rings. The molecular weight excluding hydrogens is 854 g/mol. The monoisotopic (exact) mass is 896 g/mol. The number of hydrogen-bond acceptors (Lipinski definition) is 15. The molecule has 0 aliphatic carbocycles. The number of nitrogens with one attached hydrogen (secondary N) is 2. The van der Waals surface area contributed by atoms with E-state index in [0.29, 0.717) is 11.1 Å². The Morgan fingerprint density at radius 1 is 0.689 bits per heavy atom. The second kappa shape index (κ2) is 19.7. The lowest BCUT2D eigenvalue weighted by Crippen LogP contribution is -2.61. The van der Waals surface area contributed by atoms with Gasteiger partial charge in [0.1, 0.15) is 54.1 Å². The minimum absolute atomic E-state index is 0.174. The van der Waals surface area contributed by atoms with Crippen LogP contribution in [0.4, 0.5) is 26.3 Å². The fourth-order valence-electron chi connectivity index (χ4n) is 6.27. The Hall–Kier alpha value is -4.50. The summed E-state index contributed by atoms with van der Waals surface area (Å²) in [5, 5.41) is 88.6. The number of aliphatic hydroxyl groups is 7. The van der Waals surface area contributed by atoms with Crippen molar-refractivity contribution in [3.05, 3.63) is 87.7 Å². The number of H-pyrrole nitrogens is 2. The van der Waals surface area contributed by atoms with Crippen LogP contribution in [0.2, 0.25) is 0 Å². The highest BCUT2D eigenvalue weighted by Crippen LogP contribution is 2.38. The lowest BCUT2D eigenvalue weighted by atomic mass is 9.99. The number of aliphatic carboxylic acids is 1. The van der Waals surface area contributed by atoms with Gasteiger partial charge in [-0.25, -0.2) is 4.79 Å². The van der Waals surface area contributed by atoms with Crippen LogP contribution in [-0.2, 0) is 45.9 Å². The quantitative estimate of drug-likeness (QED) is 0.0717. The van der Waals surface area contributed by atoms with Crippen molar-refractivity contribution in [3.63, 3.8) is 0 Å². The molecule has 2 aromatic heterocycles. The summed E-state index contributed by atoms with van der Waals surface area (Å²) in [5.41, 5.74) is -0.902. The number of aromatic nitrogens is 4. The predicted octanol–water partition coefficient (Wildman–Crippen LogP) is 1.77. The van der Waals surface area contributed by atoms with Crippen LogP contribution in [0, 0.1) is 0 Å². The van der Waals surface area contributed by atoms with Crippen LogP contribution in [0.15, 0.2) is 53.4 Å². The van der Waals surface area contributed by atoms with Crippen LogP contribution >= 0.6 is 11.8 Å². The summed E-state index contributed by atoms with van der Waals surface area (Å²) in [6.07, 6.45) is -25.1. The van der Waals surface area contributed by atoms with Gasteiger partial charge in [-0.3, -0.25) is 10.2 Å². The van der Waals surface area contributed by atoms with E-state index in [4.69, 9.17) is 24.1 Å². The Morgan fingerprint density at radius 2 is 1.11 bits per heavy atom. The molecule has 10 N–H and O–H groups in total. The van der Waals surface area contributed by atoms with Crippen LogP contribution in [0.3, 0.4) is 0 Å². The normalized spacial score (nSPS) is 26.9. The Kier molecular flexibility index (Phi) is 15.3. The molecule has 4 aromatic rings. The van der Waals surface area contributed by atoms with Gasteiger partial charge in [-0.15, -0.1) is 22.0 Å². The van der Waals surface area contributed by atoms with E-state index in [2.05, 4.69) is 10.2 Å². The minimum atomic E-state index is -4.79. The fourth-order valence-corrected chi connectivity index (χ4v) is 6.68. The van der Waals surface area contributed by atoms with E-state index in [1.165, 1.54) is 11.8 Å². The van der Waals surface area contributed by atoms with Crippen LogP contribution < -0.4 is 9.47 Å². The highest BCUT2D eigenvalue weighted by atomic mass is 32.2. The van der Waals surface area contributed by atoms with Gasteiger partial charge in [0.2, 0.25) is 24.3 Å². The zero-order chi connectivity index (χ0) is 45.0. The zero-order valence-corrected chi connectivity index (χ0v) is 32.7. The molecular formula is C37H42F6N4O13S. The first-order chi connectivity index (χ1) is 28.7. The molecule has 0 spiro atoms. The maximum atomic E-state index is 13.5. The van der Waals surface area contributed by atoms with Crippen LogP contribution in [0.5, 0.6) is 11.8 Å². The van der Waals surface area contributed by atoms with E-state index >= 15 is 0 Å². The van der Waals surface area contributed by atoms with Crippen molar-refractivity contribution in [2.24, 2.45) is 0 Å². The first-order valence-electron chi connectivity index (χ1n) is 18.2. The summed E-state index contributed by atoms with van der Waals surface area (Å²) >= 11 is 1.49. The van der Waals surface area contributed by atoms with Crippen molar-refractivity contribution in [2.45, 2.75) is 105 Å². The molecule has 10 unspecified atom stereocenters. The van der Waals surface area contributed by atoms with Gasteiger partial charge < -0.3 is 59.8 Å². The SMILES string of the molecule is CCc1ccc(Cc2c(OC3OC(C(=O)O)C(O)C(O)C3O)n[nH]c2C(F)(F)F)cc1.CSc1ccc(Cc2c(OC3OC(CO)C(O)C(O)C3O)n[nH]c2C(F)(F)F)cc1. The van der Waals surface area contributed by atoms with Gasteiger partial charge in [-0.1, -0.05) is 43.3 Å². The van der Waals surface area contributed by atoms with Crippen molar-refractivity contribution in [3.8, 4) is 11.8 Å². The number of hydrogen-bond donors (Lipinski definition) is 10. The Labute approximate surface area is 345 Å². The third kappa shape index (κ3) is 11.1. The molecule has 2 saturated heterocycles. The number of aromatic amines is 2. The largest absolute Gasteiger partial charge is 0.479 e. The average Bonchev–Trinajstić information content (AvgIpc) is 3.82. The van der Waals surface area contributed by atoms with Crippen molar-refractivity contribution in [1.29, 1.82) is 0 Å². The van der Waals surface area contributed by atoms with E-state index in [1.54, 1.807) is 48.5 Å². The van der Waals surface area contributed by atoms with Crippen LogP contribution in [0.25, 0.3) is 0 Å². The Morgan fingerprint density at radius 3 is 1.52 bits per heavy atom. The maximum absolute atomic E-state index is 13.5. The predicted molar refractivity (Wildman–Crippen MR) is 196 cm³/mol. The van der Waals surface area contributed by atoms with E-state index in [9.17, 15) is 66.9 Å². The molecule has 2 aliphatic heterocycles. The summed E-state index contributed by atoms with van der Waals surface area (Å²) in [4.78, 5) is 12.2. The molecule has 61 heavy (non-hydrogen) atoms. The van der Waals surface area contributed by atoms with Crippen molar-refractivity contribution >= 4 is 17.7 Å². The van der Waals surface area contributed by atoms with Crippen molar-refractivity contribution in [1.82, 2.24) is 20.4 Å². The molecule has 0 saturated carbocycles. The highest BCUT2D eigenvalue weighted by molar-refractivity contribution is 7.98. The Bertz CT molecular complexity index is 2050. The molecule has 2 aromatic carbocycles. The highest BCUT2D eigenvalue weighted by Gasteiger charge is 2.49. The standard InChI is InChI=1S/C19H21F3N2O7.C18H21F3N2O6S/c1-2-8-3-5-9(6-4-8)7-10-15(19(20,21)22)23-24-16(10)31-18-13(27)11(25)12(26)14(30-18)17(28)29;1-30-9-4-2-8(3-5-9)6-10-15(18(19,20)21)22-23-16(10)29-17-14(27)13(26)12(25)11(7-24)28-17/h3-6,11-14,18,25-27H,2,7H2,1H3,(H,23,24)(H,28,29);2-5,11-14,17,24-27H,6-7H2,1H3,(H,22,23). The third-order valence-corrected chi connectivity index (χ3v) is 10.4. The van der Waals surface area contributed by atoms with Crippen molar-refractivity contribution in [2.75, 3.05) is 12.9 Å². The molecule has 0 bridgehead atoms. The van der Waals surface area contributed by atoms with Gasteiger partial charge in [-0.05, 0) is 41.5 Å². The number of rotatable bonds is 12. The number of aryl methyl sites for hydroxylation is 1. The van der Waals surface area contributed by atoms with E-state index < -0.39 is 109 Å². The number of nitrogens with zero attached hydrogens (tertiary/aromatic N) is 2. The van der Waals surface area contributed by atoms with Gasteiger partial charge in [0.05, 0.1) is 17.7 Å². The molecule has 0 radical (unpaired) electrons. The van der Waals surface area contributed by atoms with Crippen molar-refractivity contribution < 1.29 is 90.9 Å². The second-order valence-electron chi connectivity index (χ2n) is 13.8. The lowest BCUT2D eigenvalue weighted by Gasteiger charge is -2.39. The fraction of sp³-hybridized carbons (Fsp3) is 0.486. The van der Waals surface area contributed by atoms with Gasteiger partial charge in [0.25, 0.3) is 0 Å². The number of benzene rings is 2. The summed E-state index contributed by atoms with van der Waals surface area (Å²) in [6.45, 7) is 1.23. The third-order valence-electron chi connectivity index (χ3n) is 9.69. The molecule has 6 rings (SSSR count). The smallest absolute Gasteiger partial charge is 0.433 e. The molecule has 4 heterocycles. The summed E-state index contributed by atoms with van der Waals surface area (Å²) in [7, 11) is 0. The number of carboxylic acid groups (broad SMARTS) is 1. The topological polar surface area (TPSA) is 273 Å². The van der Waals surface area contributed by atoms with Crippen LogP contribution in [0.1, 0.15) is 46.1 Å². The molecule has 336 valence electrons. The van der Waals surface area contributed by atoms with E-state index in [-0.39, 0.29) is 24.0 Å². The molecule has 2 aliphatic rings. The Balaban J connectivity index is 0.000000231. The van der Waals surface area contributed by atoms with Gasteiger partial charge >= 0.3 is 18.3 Å². The van der Waals surface area contributed by atoms with Gasteiger partial charge in [0.15, 0.2) is 6.10 Å². The van der Waals surface area contributed by atoms with Crippen LogP contribution in [-0.4, -0.2) is 141 Å². The molecule has 0 amide bonds. The summed E-state index contributed by atoms with van der Waals surface area (Å²) in [5.74, 6) is -2.70. The number of thioether (sulfide) groups is 1.